The molecule has 0 heterocycles. The number of hydrogen-bond donors (Lipinski definition) is 2. The zero-order valence-corrected chi connectivity index (χ0v) is 14.4. The van der Waals surface area contributed by atoms with Crippen LogP contribution in [0.3, 0.4) is 0 Å². The molecule has 0 aliphatic heterocycles. The van der Waals surface area contributed by atoms with E-state index in [2.05, 4.69) is 5.32 Å². The first-order valence-electron chi connectivity index (χ1n) is 6.79. The lowest BCUT2D eigenvalue weighted by atomic mass is 9.93. The van der Waals surface area contributed by atoms with Crippen molar-refractivity contribution in [2.24, 2.45) is 5.73 Å². The second-order valence-corrected chi connectivity index (χ2v) is 6.55. The molecular formula is C12H28ClN3O3S. The maximum absolute atomic E-state index is 12.0. The molecule has 0 unspecified atom stereocenters. The quantitative estimate of drug-likeness (QED) is 0.651. The standard InChI is InChI=1S/C12H27N3O3S.ClH/c1-5-12(6-2,10-13)14-11(16)9-19(17,18)15(7-3)8-4;/h5-10,13H2,1-4H3,(H,14,16);1H. The van der Waals surface area contributed by atoms with E-state index in [1.807, 2.05) is 13.8 Å². The van der Waals surface area contributed by atoms with E-state index in [0.717, 1.165) is 0 Å². The Morgan fingerprint density at radius 3 is 1.90 bits per heavy atom. The van der Waals surface area contributed by atoms with E-state index >= 15 is 0 Å². The summed E-state index contributed by atoms with van der Waals surface area (Å²) in [6, 6.07) is 0. The lowest BCUT2D eigenvalue weighted by molar-refractivity contribution is -0.120. The molecule has 0 radical (unpaired) electrons. The SMILES string of the molecule is CCN(CC)S(=O)(=O)CC(=O)NC(CC)(CC)CN.Cl. The molecule has 0 spiro atoms. The molecule has 0 aliphatic carbocycles. The van der Waals surface area contributed by atoms with Gasteiger partial charge in [0.05, 0.1) is 5.54 Å². The normalized spacial score (nSPS) is 12.1. The van der Waals surface area contributed by atoms with Crippen molar-refractivity contribution in [3.63, 3.8) is 0 Å². The molecule has 1 amide bonds. The van der Waals surface area contributed by atoms with Crippen LogP contribution < -0.4 is 11.1 Å². The minimum Gasteiger partial charge on any atom is -0.348 e. The monoisotopic (exact) mass is 329 g/mol. The lowest BCUT2D eigenvalue weighted by Crippen LogP contribution is -2.54. The summed E-state index contributed by atoms with van der Waals surface area (Å²) in [4.78, 5) is 11.9. The molecule has 0 bridgehead atoms. The number of carbonyl (C=O) groups is 1. The summed E-state index contributed by atoms with van der Waals surface area (Å²) < 4.78 is 25.3. The highest BCUT2D eigenvalue weighted by Crippen LogP contribution is 2.13. The van der Waals surface area contributed by atoms with E-state index in [1.54, 1.807) is 13.8 Å². The second kappa shape index (κ2) is 9.55. The van der Waals surface area contributed by atoms with Gasteiger partial charge in [-0.1, -0.05) is 27.7 Å². The van der Waals surface area contributed by atoms with Crippen molar-refractivity contribution in [1.29, 1.82) is 0 Å². The Kier molecular flexibility index (Phi) is 10.5. The van der Waals surface area contributed by atoms with Gasteiger partial charge in [0, 0.05) is 19.6 Å². The second-order valence-electron chi connectivity index (χ2n) is 4.58. The van der Waals surface area contributed by atoms with Crippen LogP contribution in [0.15, 0.2) is 0 Å². The van der Waals surface area contributed by atoms with Gasteiger partial charge in [-0.2, -0.15) is 0 Å². The van der Waals surface area contributed by atoms with E-state index in [4.69, 9.17) is 5.73 Å². The van der Waals surface area contributed by atoms with Gasteiger partial charge in [-0.15, -0.1) is 12.4 Å². The number of amides is 1. The van der Waals surface area contributed by atoms with Crippen LogP contribution in [-0.2, 0) is 14.8 Å². The summed E-state index contributed by atoms with van der Waals surface area (Å²) in [6.07, 6.45) is 1.36. The highest BCUT2D eigenvalue weighted by Gasteiger charge is 2.29. The van der Waals surface area contributed by atoms with Crippen LogP contribution in [0.4, 0.5) is 0 Å². The minimum absolute atomic E-state index is 0. The third-order valence-corrected chi connectivity index (χ3v) is 5.49. The van der Waals surface area contributed by atoms with Crippen LogP contribution in [0.25, 0.3) is 0 Å². The zero-order chi connectivity index (χ0) is 15.1. The largest absolute Gasteiger partial charge is 0.348 e. The Morgan fingerprint density at radius 1 is 1.15 bits per heavy atom. The van der Waals surface area contributed by atoms with Crippen LogP contribution in [0.1, 0.15) is 40.5 Å². The van der Waals surface area contributed by atoms with E-state index in [9.17, 15) is 13.2 Å². The first-order valence-corrected chi connectivity index (χ1v) is 8.40. The molecule has 0 fully saturated rings. The van der Waals surface area contributed by atoms with Gasteiger partial charge >= 0.3 is 0 Å². The van der Waals surface area contributed by atoms with Gasteiger partial charge in [-0.25, -0.2) is 12.7 Å². The van der Waals surface area contributed by atoms with Crippen LogP contribution >= 0.6 is 12.4 Å². The molecular weight excluding hydrogens is 302 g/mol. The number of nitrogens with two attached hydrogens (primary N) is 1. The van der Waals surface area contributed by atoms with Crippen LogP contribution in [0.5, 0.6) is 0 Å². The molecule has 0 saturated heterocycles. The molecule has 0 rings (SSSR count). The molecule has 0 aromatic heterocycles. The van der Waals surface area contributed by atoms with Crippen molar-refractivity contribution in [3.05, 3.63) is 0 Å². The zero-order valence-electron chi connectivity index (χ0n) is 12.8. The Morgan fingerprint density at radius 2 is 1.60 bits per heavy atom. The van der Waals surface area contributed by atoms with Crippen LogP contribution in [0.2, 0.25) is 0 Å². The average Bonchev–Trinajstić information content (AvgIpc) is 2.36. The molecule has 0 saturated carbocycles. The van der Waals surface area contributed by atoms with Crippen molar-refractivity contribution >= 4 is 28.3 Å². The topological polar surface area (TPSA) is 92.5 Å². The summed E-state index contributed by atoms with van der Waals surface area (Å²) in [7, 11) is -3.54. The van der Waals surface area contributed by atoms with Gasteiger partial charge in [0.15, 0.2) is 0 Å². The molecule has 3 N–H and O–H groups in total. The first kappa shape index (κ1) is 21.9. The average molecular weight is 330 g/mol. The third kappa shape index (κ3) is 5.95. The van der Waals surface area contributed by atoms with Gasteiger partial charge in [-0.05, 0) is 12.8 Å². The van der Waals surface area contributed by atoms with Crippen molar-refractivity contribution in [2.45, 2.75) is 46.1 Å². The molecule has 0 aromatic carbocycles. The number of hydrogen-bond acceptors (Lipinski definition) is 4. The number of carbonyl (C=O) groups excluding carboxylic acids is 1. The maximum atomic E-state index is 12.0. The van der Waals surface area contributed by atoms with Gasteiger partial charge in [0.2, 0.25) is 15.9 Å². The molecule has 122 valence electrons. The molecule has 8 heteroatoms. The summed E-state index contributed by atoms with van der Waals surface area (Å²) in [5.74, 6) is -1.00. The summed E-state index contributed by atoms with van der Waals surface area (Å²) in [6.45, 7) is 8.40. The number of sulfonamides is 1. The molecule has 0 aliphatic rings. The number of halogens is 1. The molecule has 0 aromatic rings. The summed E-state index contributed by atoms with van der Waals surface area (Å²) >= 11 is 0. The minimum atomic E-state index is -3.54. The Labute approximate surface area is 128 Å². The van der Waals surface area contributed by atoms with Crippen molar-refractivity contribution in [1.82, 2.24) is 9.62 Å². The fraction of sp³-hybridized carbons (Fsp3) is 0.917. The van der Waals surface area contributed by atoms with E-state index in [0.29, 0.717) is 32.5 Å². The predicted octanol–water partition coefficient (Wildman–Crippen LogP) is 0.714. The number of nitrogens with one attached hydrogen (secondary N) is 1. The van der Waals surface area contributed by atoms with E-state index in [-0.39, 0.29) is 12.4 Å². The summed E-state index contributed by atoms with van der Waals surface area (Å²) in [5.41, 5.74) is 5.17. The Bertz CT molecular complexity index is 371. The molecule has 20 heavy (non-hydrogen) atoms. The predicted molar refractivity (Wildman–Crippen MR) is 84.5 cm³/mol. The highest BCUT2D eigenvalue weighted by molar-refractivity contribution is 7.89. The molecule has 0 atom stereocenters. The van der Waals surface area contributed by atoms with Crippen LogP contribution in [-0.4, -0.2) is 49.6 Å². The Hall–Kier alpha value is -0.370. The number of nitrogens with zero attached hydrogens (tertiary/aromatic N) is 1. The lowest BCUT2D eigenvalue weighted by Gasteiger charge is -2.31. The highest BCUT2D eigenvalue weighted by atomic mass is 35.5. The third-order valence-electron chi connectivity index (χ3n) is 3.56. The van der Waals surface area contributed by atoms with Gasteiger partial charge in [0.1, 0.15) is 5.75 Å². The van der Waals surface area contributed by atoms with Crippen molar-refractivity contribution in [3.8, 4) is 0 Å². The van der Waals surface area contributed by atoms with Crippen molar-refractivity contribution < 1.29 is 13.2 Å². The van der Waals surface area contributed by atoms with Gasteiger partial charge < -0.3 is 11.1 Å². The summed E-state index contributed by atoms with van der Waals surface area (Å²) in [5, 5.41) is 2.77. The van der Waals surface area contributed by atoms with E-state index < -0.39 is 27.2 Å². The van der Waals surface area contributed by atoms with Crippen molar-refractivity contribution in [2.75, 3.05) is 25.4 Å². The Balaban J connectivity index is 0. The maximum Gasteiger partial charge on any atom is 0.237 e. The smallest absolute Gasteiger partial charge is 0.237 e. The van der Waals surface area contributed by atoms with Crippen LogP contribution in [0, 0.1) is 0 Å². The molecule has 6 nitrogen and oxygen atoms in total. The van der Waals surface area contributed by atoms with Gasteiger partial charge in [-0.3, -0.25) is 4.79 Å². The fourth-order valence-electron chi connectivity index (χ4n) is 1.97. The number of rotatable bonds is 9. The van der Waals surface area contributed by atoms with Gasteiger partial charge in [0.25, 0.3) is 0 Å². The fourth-order valence-corrected chi connectivity index (χ4v) is 3.35. The first-order chi connectivity index (χ1) is 8.80. The van der Waals surface area contributed by atoms with E-state index in [1.165, 1.54) is 4.31 Å².